The highest BCUT2D eigenvalue weighted by atomic mass is 16.3. The van der Waals surface area contributed by atoms with Gasteiger partial charge in [0.15, 0.2) is 0 Å². The van der Waals surface area contributed by atoms with Gasteiger partial charge in [0.25, 0.3) is 0 Å². The highest BCUT2D eigenvalue weighted by molar-refractivity contribution is 5.03. The van der Waals surface area contributed by atoms with E-state index in [1.165, 1.54) is 0 Å². The van der Waals surface area contributed by atoms with Crippen LogP contribution < -0.4 is 0 Å². The van der Waals surface area contributed by atoms with E-state index in [2.05, 4.69) is 23.7 Å². The molecule has 0 aromatic carbocycles. The average Bonchev–Trinajstić information content (AvgIpc) is 2.29. The normalized spacial score (nSPS) is 13.1. The van der Waals surface area contributed by atoms with Gasteiger partial charge in [0.2, 0.25) is 0 Å². The van der Waals surface area contributed by atoms with Crippen molar-refractivity contribution in [2.24, 2.45) is 5.92 Å². The Labute approximate surface area is 91.8 Å². The van der Waals surface area contributed by atoms with Gasteiger partial charge < -0.3 is 5.11 Å². The molecule has 0 aliphatic carbocycles. The second-order valence-electron chi connectivity index (χ2n) is 3.94. The Bertz CT molecular complexity index is 264. The van der Waals surface area contributed by atoms with Crippen molar-refractivity contribution in [3.05, 3.63) is 30.1 Å². The number of hydrogen-bond donors (Lipinski definition) is 1. The summed E-state index contributed by atoms with van der Waals surface area (Å²) in [5.74, 6) is 0.327. The van der Waals surface area contributed by atoms with E-state index < -0.39 is 0 Å². The number of pyridine rings is 1. The Morgan fingerprint density at radius 3 is 2.80 bits per heavy atom. The molecular weight excluding hydrogens is 188 g/mol. The fourth-order valence-electron chi connectivity index (χ4n) is 1.52. The van der Waals surface area contributed by atoms with Crippen LogP contribution in [0.15, 0.2) is 24.4 Å². The maximum atomic E-state index is 9.00. The highest BCUT2D eigenvalue weighted by Gasteiger charge is 2.08. The Balaban J connectivity index is 2.47. The largest absolute Gasteiger partial charge is 0.396 e. The first-order valence-electron chi connectivity index (χ1n) is 5.49. The van der Waals surface area contributed by atoms with E-state index in [0.29, 0.717) is 5.92 Å². The molecule has 0 spiro atoms. The predicted molar refractivity (Wildman–Crippen MR) is 61.4 cm³/mol. The summed E-state index contributed by atoms with van der Waals surface area (Å²) in [6.45, 7) is 7.21. The van der Waals surface area contributed by atoms with Gasteiger partial charge in [-0.05, 0) is 24.6 Å². The lowest BCUT2D eigenvalue weighted by Crippen LogP contribution is -2.29. The maximum absolute atomic E-state index is 9.00. The molecule has 0 aliphatic rings. The minimum atomic E-state index is 0.249. The summed E-state index contributed by atoms with van der Waals surface area (Å²) in [4.78, 5) is 6.59. The van der Waals surface area contributed by atoms with Crippen molar-refractivity contribution in [1.29, 1.82) is 0 Å². The van der Waals surface area contributed by atoms with Crippen LogP contribution >= 0.6 is 0 Å². The van der Waals surface area contributed by atoms with Crippen LogP contribution in [0.25, 0.3) is 0 Å². The van der Waals surface area contributed by atoms with Crippen molar-refractivity contribution < 1.29 is 5.11 Å². The van der Waals surface area contributed by atoms with Crippen molar-refractivity contribution in [3.8, 4) is 0 Å². The summed E-state index contributed by atoms with van der Waals surface area (Å²) >= 11 is 0. The fourth-order valence-corrected chi connectivity index (χ4v) is 1.52. The molecule has 0 radical (unpaired) electrons. The molecule has 1 rings (SSSR count). The van der Waals surface area contributed by atoms with Gasteiger partial charge in [-0.2, -0.15) is 0 Å². The monoisotopic (exact) mass is 208 g/mol. The molecule has 0 aliphatic heterocycles. The van der Waals surface area contributed by atoms with Gasteiger partial charge in [-0.15, -0.1) is 0 Å². The maximum Gasteiger partial charge on any atom is 0.0543 e. The number of aromatic nitrogens is 1. The van der Waals surface area contributed by atoms with Crippen LogP contribution in [-0.2, 0) is 6.54 Å². The van der Waals surface area contributed by atoms with Crippen molar-refractivity contribution in [3.63, 3.8) is 0 Å². The lowest BCUT2D eigenvalue weighted by molar-refractivity contribution is 0.172. The van der Waals surface area contributed by atoms with Gasteiger partial charge in [-0.25, -0.2) is 0 Å². The number of rotatable bonds is 6. The predicted octanol–water partition coefficient (Wildman–Crippen LogP) is 1.53. The molecule has 0 bridgehead atoms. The van der Waals surface area contributed by atoms with Gasteiger partial charge in [0.1, 0.15) is 0 Å². The minimum absolute atomic E-state index is 0.249. The minimum Gasteiger partial charge on any atom is -0.396 e. The van der Waals surface area contributed by atoms with E-state index in [1.54, 1.807) is 0 Å². The molecule has 0 saturated carbocycles. The van der Waals surface area contributed by atoms with Crippen LogP contribution in [0, 0.1) is 5.92 Å². The van der Waals surface area contributed by atoms with Crippen LogP contribution in [0.3, 0.4) is 0 Å². The molecule has 3 nitrogen and oxygen atoms in total. The third-order valence-electron chi connectivity index (χ3n) is 2.44. The number of nitrogens with zero attached hydrogens (tertiary/aromatic N) is 2. The Kier molecular flexibility index (Phi) is 5.29. The molecule has 0 amide bonds. The van der Waals surface area contributed by atoms with E-state index >= 15 is 0 Å². The molecule has 0 fully saturated rings. The molecule has 15 heavy (non-hydrogen) atoms. The van der Waals surface area contributed by atoms with Gasteiger partial charge in [0, 0.05) is 25.9 Å². The second kappa shape index (κ2) is 6.53. The second-order valence-corrected chi connectivity index (χ2v) is 3.94. The summed E-state index contributed by atoms with van der Waals surface area (Å²) < 4.78 is 0. The van der Waals surface area contributed by atoms with Crippen LogP contribution in [0.1, 0.15) is 19.5 Å². The first-order chi connectivity index (χ1) is 7.26. The number of aliphatic hydroxyl groups is 1. The van der Waals surface area contributed by atoms with Gasteiger partial charge >= 0.3 is 0 Å². The molecule has 1 aromatic heterocycles. The average molecular weight is 208 g/mol. The molecule has 3 heteroatoms. The summed E-state index contributed by atoms with van der Waals surface area (Å²) in [5, 5.41) is 9.00. The van der Waals surface area contributed by atoms with Crippen molar-refractivity contribution in [1.82, 2.24) is 9.88 Å². The van der Waals surface area contributed by atoms with Gasteiger partial charge in [-0.1, -0.05) is 19.9 Å². The molecule has 1 unspecified atom stereocenters. The van der Waals surface area contributed by atoms with E-state index in [1.807, 2.05) is 24.4 Å². The van der Waals surface area contributed by atoms with Crippen molar-refractivity contribution in [2.45, 2.75) is 20.4 Å². The summed E-state index contributed by atoms with van der Waals surface area (Å²) in [5.41, 5.74) is 1.09. The molecule has 1 N–H and O–H groups in total. The Hall–Kier alpha value is -0.930. The third kappa shape index (κ3) is 4.40. The van der Waals surface area contributed by atoms with Crippen LogP contribution in [0.2, 0.25) is 0 Å². The number of hydrogen-bond acceptors (Lipinski definition) is 3. The van der Waals surface area contributed by atoms with Gasteiger partial charge in [-0.3, -0.25) is 9.88 Å². The summed E-state index contributed by atoms with van der Waals surface area (Å²) in [6, 6.07) is 5.97. The van der Waals surface area contributed by atoms with E-state index in [9.17, 15) is 0 Å². The van der Waals surface area contributed by atoms with Crippen LogP contribution in [-0.4, -0.2) is 34.7 Å². The highest BCUT2D eigenvalue weighted by Crippen LogP contribution is 2.04. The SMILES string of the molecule is CCN(Cc1ccccn1)CC(C)CO. The van der Waals surface area contributed by atoms with Crippen molar-refractivity contribution in [2.75, 3.05) is 19.7 Å². The van der Waals surface area contributed by atoms with Crippen LogP contribution in [0.4, 0.5) is 0 Å². The third-order valence-corrected chi connectivity index (χ3v) is 2.44. The zero-order valence-electron chi connectivity index (χ0n) is 9.56. The molecule has 0 saturated heterocycles. The first kappa shape index (κ1) is 12.1. The zero-order valence-corrected chi connectivity index (χ0v) is 9.56. The Morgan fingerprint density at radius 2 is 2.27 bits per heavy atom. The Morgan fingerprint density at radius 1 is 1.47 bits per heavy atom. The summed E-state index contributed by atoms with van der Waals surface area (Å²) in [6.07, 6.45) is 1.82. The standard InChI is InChI=1S/C12H20N2O/c1-3-14(8-11(2)10-15)9-12-6-4-5-7-13-12/h4-7,11,15H,3,8-10H2,1-2H3. The topological polar surface area (TPSA) is 36.4 Å². The molecular formula is C12H20N2O. The van der Waals surface area contributed by atoms with Gasteiger partial charge in [0.05, 0.1) is 5.69 Å². The van der Waals surface area contributed by atoms with Crippen molar-refractivity contribution >= 4 is 0 Å². The number of aliphatic hydroxyl groups excluding tert-OH is 1. The lowest BCUT2D eigenvalue weighted by Gasteiger charge is -2.22. The molecule has 1 aromatic rings. The first-order valence-corrected chi connectivity index (χ1v) is 5.49. The lowest BCUT2D eigenvalue weighted by atomic mass is 10.2. The van der Waals surface area contributed by atoms with E-state index in [-0.39, 0.29) is 6.61 Å². The quantitative estimate of drug-likeness (QED) is 0.770. The molecule has 1 heterocycles. The molecule has 84 valence electrons. The van der Waals surface area contributed by atoms with E-state index in [0.717, 1.165) is 25.3 Å². The fraction of sp³-hybridized carbons (Fsp3) is 0.583. The smallest absolute Gasteiger partial charge is 0.0543 e. The zero-order chi connectivity index (χ0) is 11.1. The molecule has 1 atom stereocenters. The summed E-state index contributed by atoms with van der Waals surface area (Å²) in [7, 11) is 0. The van der Waals surface area contributed by atoms with Crippen LogP contribution in [0.5, 0.6) is 0 Å². The van der Waals surface area contributed by atoms with E-state index in [4.69, 9.17) is 5.11 Å².